The SMILES string of the molecule is Cc1ccccc1S(=O)C1C(C)CC(C)CC1N. The van der Waals surface area contributed by atoms with E-state index in [0.29, 0.717) is 11.8 Å². The Morgan fingerprint density at radius 2 is 1.89 bits per heavy atom. The lowest BCUT2D eigenvalue weighted by molar-refractivity contribution is 0.275. The quantitative estimate of drug-likeness (QED) is 0.893. The van der Waals surface area contributed by atoms with Crippen LogP contribution in [0.15, 0.2) is 29.2 Å². The Morgan fingerprint density at radius 1 is 1.22 bits per heavy atom. The first-order valence-electron chi connectivity index (χ1n) is 6.72. The van der Waals surface area contributed by atoms with Crippen molar-refractivity contribution in [2.75, 3.05) is 0 Å². The highest BCUT2D eigenvalue weighted by Crippen LogP contribution is 2.33. The third kappa shape index (κ3) is 2.67. The molecule has 1 aliphatic carbocycles. The fraction of sp³-hybridized carbons (Fsp3) is 0.600. The van der Waals surface area contributed by atoms with Gasteiger partial charge in [0.25, 0.3) is 0 Å². The molecule has 1 aliphatic rings. The minimum Gasteiger partial charge on any atom is -0.327 e. The zero-order valence-corrected chi connectivity index (χ0v) is 12.2. The highest BCUT2D eigenvalue weighted by molar-refractivity contribution is 7.85. The summed E-state index contributed by atoms with van der Waals surface area (Å²) in [6.45, 7) is 6.45. The maximum atomic E-state index is 12.8. The molecule has 1 aromatic rings. The van der Waals surface area contributed by atoms with E-state index >= 15 is 0 Å². The molecule has 1 fully saturated rings. The number of aryl methyl sites for hydroxylation is 1. The molecule has 18 heavy (non-hydrogen) atoms. The van der Waals surface area contributed by atoms with Crippen molar-refractivity contribution in [3.8, 4) is 0 Å². The Kier molecular flexibility index (Phi) is 4.23. The van der Waals surface area contributed by atoms with E-state index in [0.717, 1.165) is 23.3 Å². The van der Waals surface area contributed by atoms with Crippen LogP contribution in [0.3, 0.4) is 0 Å². The second kappa shape index (κ2) is 5.54. The van der Waals surface area contributed by atoms with Crippen molar-refractivity contribution >= 4 is 10.8 Å². The lowest BCUT2D eigenvalue weighted by Crippen LogP contribution is -2.47. The molecule has 0 spiro atoms. The summed E-state index contributed by atoms with van der Waals surface area (Å²) < 4.78 is 12.8. The van der Waals surface area contributed by atoms with Crippen molar-refractivity contribution in [1.82, 2.24) is 0 Å². The molecule has 5 atom stereocenters. The Hall–Kier alpha value is -0.670. The number of hydrogen-bond acceptors (Lipinski definition) is 2. The highest BCUT2D eigenvalue weighted by atomic mass is 32.2. The van der Waals surface area contributed by atoms with Gasteiger partial charge in [0.2, 0.25) is 0 Å². The van der Waals surface area contributed by atoms with Gasteiger partial charge in [-0.2, -0.15) is 0 Å². The number of hydrogen-bond donors (Lipinski definition) is 1. The standard InChI is InChI=1S/C15H23NOS/c1-10-8-12(3)15(13(16)9-10)18(17)14-7-5-4-6-11(14)2/h4-7,10,12-13,15H,8-9,16H2,1-3H3. The molecule has 0 aliphatic heterocycles. The first-order chi connectivity index (χ1) is 8.50. The van der Waals surface area contributed by atoms with E-state index in [1.165, 1.54) is 0 Å². The van der Waals surface area contributed by atoms with Gasteiger partial charge in [-0.25, -0.2) is 0 Å². The maximum absolute atomic E-state index is 12.8. The summed E-state index contributed by atoms with van der Waals surface area (Å²) in [6.07, 6.45) is 2.13. The van der Waals surface area contributed by atoms with E-state index in [9.17, 15) is 4.21 Å². The molecule has 2 rings (SSSR count). The molecule has 0 amide bonds. The van der Waals surface area contributed by atoms with Crippen molar-refractivity contribution in [2.45, 2.75) is 49.8 Å². The molecule has 2 N–H and O–H groups in total. The first kappa shape index (κ1) is 13.8. The van der Waals surface area contributed by atoms with E-state index in [-0.39, 0.29) is 11.3 Å². The van der Waals surface area contributed by atoms with Gasteiger partial charge < -0.3 is 5.73 Å². The van der Waals surface area contributed by atoms with Crippen LogP contribution in [0.1, 0.15) is 32.3 Å². The van der Waals surface area contributed by atoms with Crippen LogP contribution in [0, 0.1) is 18.8 Å². The van der Waals surface area contributed by atoms with Crippen molar-refractivity contribution in [3.63, 3.8) is 0 Å². The van der Waals surface area contributed by atoms with Crippen LogP contribution in [-0.4, -0.2) is 15.5 Å². The molecule has 0 heterocycles. The van der Waals surface area contributed by atoms with E-state index < -0.39 is 10.8 Å². The Balaban J connectivity index is 2.26. The van der Waals surface area contributed by atoms with Crippen molar-refractivity contribution in [2.24, 2.45) is 17.6 Å². The normalized spacial score (nSPS) is 34.2. The van der Waals surface area contributed by atoms with E-state index in [2.05, 4.69) is 13.8 Å². The van der Waals surface area contributed by atoms with Gasteiger partial charge in [0.05, 0.1) is 16.0 Å². The number of rotatable bonds is 2. The third-order valence-electron chi connectivity index (χ3n) is 3.99. The van der Waals surface area contributed by atoms with E-state index in [1.807, 2.05) is 31.2 Å². The fourth-order valence-corrected chi connectivity index (χ4v) is 5.04. The van der Waals surface area contributed by atoms with Gasteiger partial charge in [0.15, 0.2) is 0 Å². The molecule has 100 valence electrons. The zero-order valence-electron chi connectivity index (χ0n) is 11.4. The highest BCUT2D eigenvalue weighted by Gasteiger charge is 2.36. The average molecular weight is 265 g/mol. The summed E-state index contributed by atoms with van der Waals surface area (Å²) in [5.41, 5.74) is 7.36. The smallest absolute Gasteiger partial charge is 0.0581 e. The van der Waals surface area contributed by atoms with E-state index in [1.54, 1.807) is 0 Å². The van der Waals surface area contributed by atoms with Crippen LogP contribution in [0.5, 0.6) is 0 Å². The lowest BCUT2D eigenvalue weighted by atomic mass is 9.80. The molecule has 0 bridgehead atoms. The van der Waals surface area contributed by atoms with Crippen molar-refractivity contribution in [3.05, 3.63) is 29.8 Å². The second-order valence-corrected chi connectivity index (χ2v) is 7.32. The summed E-state index contributed by atoms with van der Waals surface area (Å²) in [6, 6.07) is 8.01. The van der Waals surface area contributed by atoms with Crippen LogP contribution in [0.4, 0.5) is 0 Å². The fourth-order valence-electron chi connectivity index (χ4n) is 3.18. The molecule has 1 saturated carbocycles. The van der Waals surface area contributed by atoms with Gasteiger partial charge in [-0.3, -0.25) is 4.21 Å². The van der Waals surface area contributed by atoms with Crippen LogP contribution in [-0.2, 0) is 10.8 Å². The van der Waals surface area contributed by atoms with Gasteiger partial charge in [0, 0.05) is 10.9 Å². The van der Waals surface area contributed by atoms with Gasteiger partial charge in [-0.1, -0.05) is 32.0 Å². The van der Waals surface area contributed by atoms with Crippen LogP contribution in [0.25, 0.3) is 0 Å². The molecule has 1 aromatic carbocycles. The molecule has 3 heteroatoms. The molecule has 2 nitrogen and oxygen atoms in total. The zero-order chi connectivity index (χ0) is 13.3. The monoisotopic (exact) mass is 265 g/mol. The van der Waals surface area contributed by atoms with Crippen molar-refractivity contribution < 1.29 is 4.21 Å². The minimum atomic E-state index is -0.982. The topological polar surface area (TPSA) is 43.1 Å². The summed E-state index contributed by atoms with van der Waals surface area (Å²) in [7, 11) is -0.982. The van der Waals surface area contributed by atoms with Gasteiger partial charge in [-0.05, 0) is 43.2 Å². The van der Waals surface area contributed by atoms with E-state index in [4.69, 9.17) is 5.73 Å². The predicted octanol–water partition coefficient (Wildman–Crippen LogP) is 2.86. The number of nitrogens with two attached hydrogens (primary N) is 1. The van der Waals surface area contributed by atoms with Gasteiger partial charge in [0.1, 0.15) is 0 Å². The summed E-state index contributed by atoms with van der Waals surface area (Å²) in [5.74, 6) is 1.09. The molecular weight excluding hydrogens is 242 g/mol. The maximum Gasteiger partial charge on any atom is 0.0581 e. The summed E-state index contributed by atoms with van der Waals surface area (Å²) in [4.78, 5) is 0.958. The summed E-state index contributed by atoms with van der Waals surface area (Å²) in [5, 5.41) is 0.0994. The number of benzene rings is 1. The minimum absolute atomic E-state index is 0.0594. The predicted molar refractivity (Wildman–Crippen MR) is 76.9 cm³/mol. The molecule has 0 saturated heterocycles. The first-order valence-corrected chi connectivity index (χ1v) is 7.93. The van der Waals surface area contributed by atoms with Crippen LogP contribution < -0.4 is 5.73 Å². The van der Waals surface area contributed by atoms with Crippen molar-refractivity contribution in [1.29, 1.82) is 0 Å². The summed E-state index contributed by atoms with van der Waals surface area (Å²) >= 11 is 0. The Labute approximate surface area is 112 Å². The Bertz CT molecular complexity index is 434. The average Bonchev–Trinajstić information content (AvgIpc) is 2.27. The third-order valence-corrected chi connectivity index (χ3v) is 6.19. The van der Waals surface area contributed by atoms with Gasteiger partial charge >= 0.3 is 0 Å². The lowest BCUT2D eigenvalue weighted by Gasteiger charge is -2.37. The van der Waals surface area contributed by atoms with Crippen LogP contribution >= 0.6 is 0 Å². The van der Waals surface area contributed by atoms with Crippen LogP contribution in [0.2, 0.25) is 0 Å². The molecular formula is C15H23NOS. The molecule has 0 aromatic heterocycles. The van der Waals surface area contributed by atoms with Gasteiger partial charge in [-0.15, -0.1) is 0 Å². The molecule has 0 radical (unpaired) electrons. The largest absolute Gasteiger partial charge is 0.327 e. The Morgan fingerprint density at radius 3 is 2.50 bits per heavy atom. The molecule has 5 unspecified atom stereocenters. The second-order valence-electron chi connectivity index (χ2n) is 5.75.